The zero-order valence-corrected chi connectivity index (χ0v) is 30.3. The summed E-state index contributed by atoms with van der Waals surface area (Å²) in [7, 11) is 0. The number of fused-ring (bicyclic) bond motifs is 2. The molecule has 0 radical (unpaired) electrons. The Morgan fingerprint density at radius 3 is 2.35 bits per heavy atom. The summed E-state index contributed by atoms with van der Waals surface area (Å²) in [5.41, 5.74) is -1.43. The van der Waals surface area contributed by atoms with Gasteiger partial charge >= 0.3 is 5.97 Å². The molecule has 3 amide bonds. The number of likely N-dealkylation sites (tertiary alicyclic amines) is 1. The highest BCUT2D eigenvalue weighted by molar-refractivity contribution is 5.99. The number of nitrogens with zero attached hydrogens (tertiary/aromatic N) is 2. The van der Waals surface area contributed by atoms with Gasteiger partial charge in [0.15, 0.2) is 0 Å². The van der Waals surface area contributed by atoms with Crippen LogP contribution in [0.2, 0.25) is 0 Å². The van der Waals surface area contributed by atoms with Crippen LogP contribution in [0.1, 0.15) is 92.7 Å². The maximum Gasteiger partial charge on any atom is 0.313 e. The first kappa shape index (κ1) is 36.8. The van der Waals surface area contributed by atoms with E-state index in [9.17, 15) is 19.5 Å². The molecule has 4 aliphatic heterocycles. The van der Waals surface area contributed by atoms with E-state index in [1.54, 1.807) is 19.1 Å². The Balaban J connectivity index is 1.64. The number of cyclic esters (lactones) is 1. The first-order valence-corrected chi connectivity index (χ1v) is 17.8. The summed E-state index contributed by atoms with van der Waals surface area (Å²) in [6.07, 6.45) is 7.35. The molecule has 5 rings (SSSR count). The summed E-state index contributed by atoms with van der Waals surface area (Å²) in [5, 5.41) is 13.7. The molecule has 10 heteroatoms. The molecular weight excluding hydrogens is 622 g/mol. The van der Waals surface area contributed by atoms with Gasteiger partial charge in [-0.05, 0) is 56.9 Å². The lowest BCUT2D eigenvalue weighted by Gasteiger charge is -2.45. The van der Waals surface area contributed by atoms with Crippen LogP contribution in [0.15, 0.2) is 54.6 Å². The van der Waals surface area contributed by atoms with Crippen LogP contribution in [-0.2, 0) is 28.7 Å². The van der Waals surface area contributed by atoms with Gasteiger partial charge in [-0.1, -0.05) is 89.3 Å². The van der Waals surface area contributed by atoms with Gasteiger partial charge in [-0.3, -0.25) is 19.2 Å². The number of rotatable bonds is 7. The first-order chi connectivity index (χ1) is 23.0. The van der Waals surface area contributed by atoms with Crippen LogP contribution < -0.4 is 5.32 Å². The lowest BCUT2D eigenvalue weighted by Crippen LogP contribution is -2.61. The Labute approximate surface area is 291 Å². The van der Waals surface area contributed by atoms with E-state index in [4.69, 9.17) is 9.47 Å². The number of nitrogens with one attached hydrogen (secondary N) is 1. The highest BCUT2D eigenvalue weighted by Crippen LogP contribution is 2.54. The number of hydrogen-bond donors (Lipinski definition) is 2. The van der Waals surface area contributed by atoms with Crippen LogP contribution >= 0.6 is 0 Å². The second-order valence-corrected chi connectivity index (χ2v) is 16.5. The Morgan fingerprint density at radius 2 is 1.71 bits per heavy atom. The van der Waals surface area contributed by atoms with Gasteiger partial charge in [0.25, 0.3) is 0 Å². The molecule has 0 aromatic heterocycles. The average molecular weight is 678 g/mol. The molecule has 8 atom stereocenters. The molecule has 2 N–H and O–H groups in total. The lowest BCUT2D eigenvalue weighted by molar-refractivity contribution is -0.162. The molecule has 268 valence electrons. The summed E-state index contributed by atoms with van der Waals surface area (Å²) in [6, 6.07) is 6.92. The Kier molecular flexibility index (Phi) is 10.5. The second kappa shape index (κ2) is 14.0. The quantitative estimate of drug-likeness (QED) is 0.316. The van der Waals surface area contributed by atoms with E-state index in [0.29, 0.717) is 31.4 Å². The van der Waals surface area contributed by atoms with Gasteiger partial charge in [0.2, 0.25) is 17.7 Å². The van der Waals surface area contributed by atoms with Gasteiger partial charge in [0.05, 0.1) is 30.7 Å². The number of aliphatic hydroxyl groups is 1. The molecule has 49 heavy (non-hydrogen) atoms. The zero-order chi connectivity index (χ0) is 35.9. The third-order valence-electron chi connectivity index (χ3n) is 10.3. The third-order valence-corrected chi connectivity index (χ3v) is 10.3. The minimum atomic E-state index is -1.48. The lowest BCUT2D eigenvalue weighted by atomic mass is 9.77. The maximum atomic E-state index is 15.0. The molecule has 0 unspecified atom stereocenters. The Hall–Kier alpha value is -3.50. The fourth-order valence-corrected chi connectivity index (χ4v) is 8.80. The minimum Gasteiger partial charge on any atom is -0.455 e. The monoisotopic (exact) mass is 677 g/mol. The SMILES string of the molecule is CC(C)C[C@H](CO)N1C(=O)[C@H]2[C@@H]3C(=O)O[C@@H](c4ccccc4)[C@H](C)NC(=O)CC/C=C\[C@@H]3O[C@]23C=CCN(C(C)(C)CC(C)(C)C)C(=O)[C@H]13. The highest BCUT2D eigenvalue weighted by Gasteiger charge is 2.73. The Morgan fingerprint density at radius 1 is 1.02 bits per heavy atom. The smallest absolute Gasteiger partial charge is 0.313 e. The number of esters is 1. The molecule has 4 heterocycles. The van der Waals surface area contributed by atoms with E-state index < -0.39 is 65.2 Å². The van der Waals surface area contributed by atoms with E-state index in [1.165, 1.54) is 4.90 Å². The van der Waals surface area contributed by atoms with Crippen molar-refractivity contribution in [1.29, 1.82) is 0 Å². The van der Waals surface area contributed by atoms with Crippen LogP contribution in [0.5, 0.6) is 0 Å². The molecule has 0 aliphatic carbocycles. The second-order valence-electron chi connectivity index (χ2n) is 16.5. The summed E-state index contributed by atoms with van der Waals surface area (Å²) in [4.78, 5) is 60.7. The van der Waals surface area contributed by atoms with Crippen molar-refractivity contribution in [1.82, 2.24) is 15.1 Å². The first-order valence-electron chi connectivity index (χ1n) is 17.8. The van der Waals surface area contributed by atoms with Gasteiger partial charge in [-0.25, -0.2) is 0 Å². The summed E-state index contributed by atoms with van der Waals surface area (Å²) < 4.78 is 13.2. The standard InChI is InChI=1S/C39H55N3O7/c1-24(2)21-27(22-43)42-33-35(46)41(38(7,8)23-37(4,5)6)20-14-19-39(33)31(34(42)45)30-28(49-39)17-12-13-18-29(44)40-25(3)32(48-36(30)47)26-15-10-9-11-16-26/h9-12,14-17,19,24-25,27-28,30-33,43H,13,18,20-23H2,1-8H3,(H,40,44)/b17-12-/t25-,27+,28-,30+,31+,32+,33-,39+/m0/s1. The van der Waals surface area contributed by atoms with Gasteiger partial charge in [-0.15, -0.1) is 0 Å². The van der Waals surface area contributed by atoms with Crippen molar-refractivity contribution in [2.24, 2.45) is 23.2 Å². The molecule has 2 fully saturated rings. The normalized spacial score (nSPS) is 32.4. The number of amides is 3. The van der Waals surface area contributed by atoms with E-state index in [-0.39, 0.29) is 36.2 Å². The van der Waals surface area contributed by atoms with E-state index in [0.717, 1.165) is 0 Å². The fraction of sp³-hybridized carbons (Fsp3) is 0.641. The number of benzene rings is 1. The Bertz CT molecular complexity index is 1460. The van der Waals surface area contributed by atoms with E-state index in [1.807, 2.05) is 75.1 Å². The maximum absolute atomic E-state index is 15.0. The predicted molar refractivity (Wildman–Crippen MR) is 186 cm³/mol. The van der Waals surface area contributed by atoms with Crippen molar-refractivity contribution in [3.8, 4) is 0 Å². The third kappa shape index (κ3) is 7.22. The molecule has 2 saturated heterocycles. The fourth-order valence-electron chi connectivity index (χ4n) is 8.80. The molecule has 1 spiro atoms. The molecule has 4 aliphatic rings. The molecule has 0 bridgehead atoms. The highest BCUT2D eigenvalue weighted by atomic mass is 16.6. The number of aliphatic hydroxyl groups excluding tert-OH is 1. The number of ether oxygens (including phenoxy) is 2. The van der Waals surface area contributed by atoms with Gasteiger partial charge < -0.3 is 29.7 Å². The minimum absolute atomic E-state index is 0.0859. The van der Waals surface area contributed by atoms with Crippen molar-refractivity contribution < 1.29 is 33.8 Å². The number of allylic oxidation sites excluding steroid dienone is 1. The molecule has 1 aromatic rings. The van der Waals surface area contributed by atoms with Crippen LogP contribution in [0.25, 0.3) is 0 Å². The predicted octanol–water partition coefficient (Wildman–Crippen LogP) is 4.73. The van der Waals surface area contributed by atoms with Crippen molar-refractivity contribution in [3.63, 3.8) is 0 Å². The van der Waals surface area contributed by atoms with Gasteiger partial charge in [0, 0.05) is 18.5 Å². The van der Waals surface area contributed by atoms with E-state index in [2.05, 4.69) is 26.1 Å². The van der Waals surface area contributed by atoms with Crippen molar-refractivity contribution in [2.45, 2.75) is 123 Å². The van der Waals surface area contributed by atoms with Crippen LogP contribution in [0.4, 0.5) is 0 Å². The summed E-state index contributed by atoms with van der Waals surface area (Å²) >= 11 is 0. The van der Waals surface area contributed by atoms with E-state index >= 15 is 4.79 Å². The molecular formula is C39H55N3O7. The van der Waals surface area contributed by atoms with Crippen molar-refractivity contribution in [3.05, 3.63) is 60.2 Å². The molecule has 10 nitrogen and oxygen atoms in total. The number of carbonyl (C=O) groups is 4. The average Bonchev–Trinajstić information content (AvgIpc) is 3.39. The largest absolute Gasteiger partial charge is 0.455 e. The van der Waals surface area contributed by atoms with Crippen LogP contribution in [0.3, 0.4) is 0 Å². The van der Waals surface area contributed by atoms with Crippen molar-refractivity contribution >= 4 is 23.7 Å². The molecule has 0 saturated carbocycles. The van der Waals surface area contributed by atoms with Crippen molar-refractivity contribution in [2.75, 3.05) is 13.2 Å². The molecule has 1 aromatic carbocycles. The summed E-state index contributed by atoms with van der Waals surface area (Å²) in [5.74, 6) is -3.50. The van der Waals surface area contributed by atoms with Gasteiger partial charge in [0.1, 0.15) is 23.7 Å². The summed E-state index contributed by atoms with van der Waals surface area (Å²) in [6.45, 7) is 16.3. The number of hydrogen-bond acceptors (Lipinski definition) is 7. The van der Waals surface area contributed by atoms with Gasteiger partial charge in [-0.2, -0.15) is 0 Å². The topological polar surface area (TPSA) is 125 Å². The zero-order valence-electron chi connectivity index (χ0n) is 30.3. The number of carbonyl (C=O) groups excluding carboxylic acids is 4. The van der Waals surface area contributed by atoms with Crippen LogP contribution in [0, 0.1) is 23.2 Å². The van der Waals surface area contributed by atoms with Crippen LogP contribution in [-0.4, -0.2) is 87.1 Å².